The number of hydrogen-bond acceptors (Lipinski definition) is 4. The molecule has 1 atom stereocenters. The number of hydrogen-bond donors (Lipinski definition) is 1. The maximum absolute atomic E-state index is 13.1. The first-order chi connectivity index (χ1) is 11.4. The van der Waals surface area contributed by atoms with Gasteiger partial charge >= 0.3 is 0 Å². The Balaban J connectivity index is 2.02. The number of fused-ring (bicyclic) bond motifs is 3. The number of aliphatic hydroxyl groups is 1. The minimum Gasteiger partial charge on any atom is -0.497 e. The van der Waals surface area contributed by atoms with E-state index in [0.29, 0.717) is 16.9 Å². The Morgan fingerprint density at radius 1 is 1.12 bits per heavy atom. The molecule has 0 unspecified atom stereocenters. The molecule has 1 aromatic rings. The number of ether oxygens (including phenoxy) is 1. The number of benzene rings is 1. The van der Waals surface area contributed by atoms with Crippen LogP contribution in [0.25, 0.3) is 0 Å². The van der Waals surface area contributed by atoms with Crippen molar-refractivity contribution < 1.29 is 19.4 Å². The van der Waals surface area contributed by atoms with Crippen molar-refractivity contribution in [2.24, 2.45) is 0 Å². The summed E-state index contributed by atoms with van der Waals surface area (Å²) in [4.78, 5) is 26.1. The highest BCUT2D eigenvalue weighted by atomic mass is 16.5. The Hall–Kier alpha value is -2.46. The van der Waals surface area contributed by atoms with E-state index in [9.17, 15) is 14.7 Å². The SMILES string of the molecule is COc1ccc2c(c1)C(=O)[C@@]1(O)C(=CC3=C(C)CCC3=C1C)C2=O. The summed E-state index contributed by atoms with van der Waals surface area (Å²) in [6, 6.07) is 4.79. The molecule has 0 fully saturated rings. The van der Waals surface area contributed by atoms with Crippen LogP contribution in [0.3, 0.4) is 0 Å². The van der Waals surface area contributed by atoms with E-state index in [1.807, 2.05) is 6.92 Å². The second-order valence-electron chi connectivity index (χ2n) is 6.64. The molecule has 0 aromatic heterocycles. The minimum atomic E-state index is -1.86. The van der Waals surface area contributed by atoms with Crippen LogP contribution in [0.15, 0.2) is 52.1 Å². The topological polar surface area (TPSA) is 63.6 Å². The third-order valence-corrected chi connectivity index (χ3v) is 5.50. The molecule has 0 heterocycles. The van der Waals surface area contributed by atoms with Crippen LogP contribution in [-0.4, -0.2) is 29.4 Å². The van der Waals surface area contributed by atoms with Crippen LogP contribution in [0.2, 0.25) is 0 Å². The molecular weight excluding hydrogens is 304 g/mol. The number of ketones is 2. The number of Topliss-reactive ketones (excluding diaryl/α,β-unsaturated/α-hetero) is 2. The van der Waals surface area contributed by atoms with E-state index in [-0.39, 0.29) is 16.9 Å². The van der Waals surface area contributed by atoms with Crippen molar-refractivity contribution >= 4 is 11.6 Å². The summed E-state index contributed by atoms with van der Waals surface area (Å²) in [6.07, 6.45) is 3.41. The van der Waals surface area contributed by atoms with Gasteiger partial charge in [-0.15, -0.1) is 0 Å². The molecule has 1 N–H and O–H groups in total. The Bertz CT molecular complexity index is 914. The molecule has 4 rings (SSSR count). The summed E-state index contributed by atoms with van der Waals surface area (Å²) in [5, 5.41) is 11.3. The first-order valence-electron chi connectivity index (χ1n) is 8.02. The quantitative estimate of drug-likeness (QED) is 0.862. The van der Waals surface area contributed by atoms with Crippen LogP contribution in [0.4, 0.5) is 0 Å². The van der Waals surface area contributed by atoms with Gasteiger partial charge in [-0.3, -0.25) is 9.59 Å². The molecule has 3 aliphatic carbocycles. The lowest BCUT2D eigenvalue weighted by Gasteiger charge is -2.38. The summed E-state index contributed by atoms with van der Waals surface area (Å²) in [7, 11) is 1.50. The van der Waals surface area contributed by atoms with Crippen LogP contribution < -0.4 is 4.74 Å². The van der Waals surface area contributed by atoms with Gasteiger partial charge in [-0.2, -0.15) is 0 Å². The van der Waals surface area contributed by atoms with Gasteiger partial charge in [0.1, 0.15) is 5.75 Å². The third-order valence-electron chi connectivity index (χ3n) is 5.50. The number of carbonyl (C=O) groups excluding carboxylic acids is 2. The predicted molar refractivity (Wildman–Crippen MR) is 89.3 cm³/mol. The van der Waals surface area contributed by atoms with Crippen molar-refractivity contribution in [2.45, 2.75) is 32.3 Å². The first-order valence-corrected chi connectivity index (χ1v) is 8.02. The molecule has 3 aliphatic rings. The number of allylic oxidation sites excluding steroid dienone is 4. The van der Waals surface area contributed by atoms with Gasteiger partial charge in [0.05, 0.1) is 7.11 Å². The largest absolute Gasteiger partial charge is 0.497 e. The summed E-state index contributed by atoms with van der Waals surface area (Å²) in [5.41, 5.74) is 2.63. The maximum atomic E-state index is 13.1. The zero-order valence-corrected chi connectivity index (χ0v) is 13.9. The molecule has 4 heteroatoms. The molecule has 0 radical (unpaired) electrons. The average Bonchev–Trinajstić information content (AvgIpc) is 2.96. The Morgan fingerprint density at radius 3 is 2.58 bits per heavy atom. The average molecular weight is 322 g/mol. The second-order valence-corrected chi connectivity index (χ2v) is 6.64. The van der Waals surface area contributed by atoms with Crippen LogP contribution in [0, 0.1) is 0 Å². The lowest BCUT2D eigenvalue weighted by atomic mass is 9.66. The summed E-state index contributed by atoms with van der Waals surface area (Å²) >= 11 is 0. The van der Waals surface area contributed by atoms with Gasteiger partial charge in [0, 0.05) is 16.7 Å². The monoisotopic (exact) mass is 322 g/mol. The lowest BCUT2D eigenvalue weighted by Crippen LogP contribution is -2.50. The van der Waals surface area contributed by atoms with Crippen molar-refractivity contribution in [3.63, 3.8) is 0 Å². The minimum absolute atomic E-state index is 0.169. The van der Waals surface area contributed by atoms with E-state index < -0.39 is 11.4 Å². The van der Waals surface area contributed by atoms with E-state index in [1.54, 1.807) is 25.1 Å². The van der Waals surface area contributed by atoms with E-state index in [0.717, 1.165) is 24.0 Å². The molecule has 0 saturated carbocycles. The normalized spacial score (nSPS) is 25.4. The van der Waals surface area contributed by atoms with E-state index in [2.05, 4.69) is 0 Å². The zero-order chi connectivity index (χ0) is 17.2. The van der Waals surface area contributed by atoms with Gasteiger partial charge in [-0.25, -0.2) is 0 Å². The molecule has 24 heavy (non-hydrogen) atoms. The molecule has 0 bridgehead atoms. The van der Waals surface area contributed by atoms with Gasteiger partial charge < -0.3 is 9.84 Å². The smallest absolute Gasteiger partial charge is 0.204 e. The highest BCUT2D eigenvalue weighted by molar-refractivity contribution is 6.28. The standard InChI is InChI=1S/C20H18O4/c1-10-4-6-13-11(2)20(23)17(9-15(10)13)18(21)14-7-5-12(24-3)8-16(14)19(20)22/h5,7-9,23H,4,6H2,1-3H3/t20-/m0/s1. The zero-order valence-electron chi connectivity index (χ0n) is 13.9. The van der Waals surface area contributed by atoms with Crippen molar-refractivity contribution in [1.29, 1.82) is 0 Å². The van der Waals surface area contributed by atoms with Crippen molar-refractivity contribution in [2.75, 3.05) is 7.11 Å². The third kappa shape index (κ3) is 1.66. The number of methoxy groups -OCH3 is 1. The van der Waals surface area contributed by atoms with Crippen LogP contribution in [0.5, 0.6) is 5.75 Å². The van der Waals surface area contributed by atoms with Gasteiger partial charge in [-0.1, -0.05) is 5.57 Å². The second kappa shape index (κ2) is 4.77. The van der Waals surface area contributed by atoms with Gasteiger partial charge in [-0.05, 0) is 67.7 Å². The summed E-state index contributed by atoms with van der Waals surface area (Å²) in [6.45, 7) is 3.79. The van der Waals surface area contributed by atoms with E-state index in [4.69, 9.17) is 4.74 Å². The molecule has 0 spiro atoms. The van der Waals surface area contributed by atoms with Crippen molar-refractivity contribution in [3.05, 3.63) is 63.3 Å². The molecule has 4 nitrogen and oxygen atoms in total. The molecular formula is C20H18O4. The molecule has 122 valence electrons. The molecule has 0 saturated heterocycles. The van der Waals surface area contributed by atoms with E-state index >= 15 is 0 Å². The highest BCUT2D eigenvalue weighted by Gasteiger charge is 2.53. The maximum Gasteiger partial charge on any atom is 0.204 e. The fourth-order valence-corrected chi connectivity index (χ4v) is 4.01. The Morgan fingerprint density at radius 2 is 1.88 bits per heavy atom. The van der Waals surface area contributed by atoms with E-state index in [1.165, 1.54) is 18.7 Å². The lowest BCUT2D eigenvalue weighted by molar-refractivity contribution is 0.0552. The van der Waals surface area contributed by atoms with Crippen LogP contribution in [-0.2, 0) is 0 Å². The fourth-order valence-electron chi connectivity index (χ4n) is 4.01. The molecule has 0 amide bonds. The van der Waals surface area contributed by atoms with Gasteiger partial charge in [0.25, 0.3) is 0 Å². The predicted octanol–water partition coefficient (Wildman–Crippen LogP) is 3.17. The Kier molecular flexibility index (Phi) is 3.00. The molecule has 1 aromatic carbocycles. The van der Waals surface area contributed by atoms with Crippen molar-refractivity contribution in [3.8, 4) is 5.75 Å². The summed E-state index contributed by atoms with van der Waals surface area (Å²) < 4.78 is 5.16. The number of rotatable bonds is 1. The van der Waals surface area contributed by atoms with Gasteiger partial charge in [0.15, 0.2) is 11.4 Å². The van der Waals surface area contributed by atoms with Gasteiger partial charge in [0.2, 0.25) is 5.78 Å². The highest BCUT2D eigenvalue weighted by Crippen LogP contribution is 2.48. The number of carbonyl (C=O) groups is 2. The van der Waals surface area contributed by atoms with Crippen LogP contribution in [0.1, 0.15) is 47.4 Å². The van der Waals surface area contributed by atoms with Crippen molar-refractivity contribution in [1.82, 2.24) is 0 Å². The fraction of sp³-hybridized carbons (Fsp3) is 0.300. The summed E-state index contributed by atoms with van der Waals surface area (Å²) in [5.74, 6) is -0.249. The Labute approximate surface area is 140 Å². The van der Waals surface area contributed by atoms with Crippen LogP contribution >= 0.6 is 0 Å². The first kappa shape index (κ1) is 15.1. The molecule has 0 aliphatic heterocycles.